The Labute approximate surface area is 156 Å². The third-order valence-electron chi connectivity index (χ3n) is 4.35. The zero-order chi connectivity index (χ0) is 18.5. The molecule has 140 valence electrons. The van der Waals surface area contributed by atoms with E-state index in [-0.39, 0.29) is 11.2 Å². The highest BCUT2D eigenvalue weighted by Gasteiger charge is 2.45. The van der Waals surface area contributed by atoms with E-state index < -0.39 is 9.84 Å². The molecule has 1 aliphatic carbocycles. The molecule has 1 saturated carbocycles. The molecule has 0 atom stereocenters. The van der Waals surface area contributed by atoms with Gasteiger partial charge in [0, 0.05) is 29.7 Å². The fourth-order valence-corrected chi connectivity index (χ4v) is 5.07. The molecule has 1 aromatic carbocycles. The first-order chi connectivity index (χ1) is 11.8. The van der Waals surface area contributed by atoms with Gasteiger partial charge in [0.05, 0.1) is 12.3 Å². The first kappa shape index (κ1) is 20.1. The van der Waals surface area contributed by atoms with Crippen LogP contribution in [0.25, 0.3) is 0 Å². The summed E-state index contributed by atoms with van der Waals surface area (Å²) in [6, 6.07) is 6.41. The summed E-state index contributed by atoms with van der Waals surface area (Å²) in [5.41, 5.74) is 2.34. The number of thioether (sulfide) groups is 1. The molecule has 0 saturated heterocycles. The van der Waals surface area contributed by atoms with Crippen molar-refractivity contribution < 1.29 is 8.42 Å². The fourth-order valence-electron chi connectivity index (χ4n) is 2.86. The lowest BCUT2D eigenvalue weighted by molar-refractivity contribution is 0.529. The summed E-state index contributed by atoms with van der Waals surface area (Å²) >= 11 is 1.73. The van der Waals surface area contributed by atoms with Crippen LogP contribution in [0.1, 0.15) is 30.9 Å². The van der Waals surface area contributed by atoms with Crippen molar-refractivity contribution in [3.63, 3.8) is 0 Å². The number of aliphatic imine (C=N–C) groups is 1. The molecule has 0 aliphatic heterocycles. The highest BCUT2D eigenvalue weighted by molar-refractivity contribution is 7.98. The van der Waals surface area contributed by atoms with E-state index in [1.165, 1.54) is 22.3 Å². The lowest BCUT2D eigenvalue weighted by Crippen LogP contribution is -2.41. The maximum absolute atomic E-state index is 11.6. The minimum atomic E-state index is -2.95. The lowest BCUT2D eigenvalue weighted by Gasteiger charge is -2.18. The Balaban J connectivity index is 2.02. The van der Waals surface area contributed by atoms with Gasteiger partial charge in [0.25, 0.3) is 0 Å². The van der Waals surface area contributed by atoms with Gasteiger partial charge in [-0.3, -0.25) is 0 Å². The number of rotatable bonds is 8. The van der Waals surface area contributed by atoms with E-state index in [0.717, 1.165) is 25.3 Å². The molecule has 0 heterocycles. The molecule has 0 aromatic heterocycles. The summed E-state index contributed by atoms with van der Waals surface area (Å²) in [5.74, 6) is 0.996. The first-order valence-corrected chi connectivity index (χ1v) is 11.9. The average Bonchev–Trinajstić information content (AvgIpc) is 3.28. The molecule has 1 aromatic rings. The number of hydrogen-bond acceptors (Lipinski definition) is 4. The second-order valence-electron chi connectivity index (χ2n) is 6.93. The monoisotopic (exact) mass is 383 g/mol. The van der Waals surface area contributed by atoms with E-state index in [1.54, 1.807) is 11.8 Å². The van der Waals surface area contributed by atoms with E-state index in [2.05, 4.69) is 47.0 Å². The van der Waals surface area contributed by atoms with Gasteiger partial charge >= 0.3 is 0 Å². The van der Waals surface area contributed by atoms with Crippen molar-refractivity contribution in [1.82, 2.24) is 10.6 Å². The van der Waals surface area contributed by atoms with Gasteiger partial charge in [0.2, 0.25) is 0 Å². The van der Waals surface area contributed by atoms with Gasteiger partial charge in [0.1, 0.15) is 9.84 Å². The second kappa shape index (κ2) is 8.45. The van der Waals surface area contributed by atoms with Gasteiger partial charge in [-0.15, -0.1) is 11.8 Å². The number of nitrogens with zero attached hydrogens (tertiary/aromatic N) is 1. The molecule has 0 amide bonds. The number of sulfone groups is 1. The number of hydrogen-bond donors (Lipinski definition) is 2. The van der Waals surface area contributed by atoms with Crippen molar-refractivity contribution in [2.75, 3.05) is 31.4 Å². The van der Waals surface area contributed by atoms with Gasteiger partial charge < -0.3 is 10.6 Å². The quantitative estimate of drug-likeness (QED) is 0.410. The molecule has 0 bridgehead atoms. The van der Waals surface area contributed by atoms with E-state index in [0.29, 0.717) is 13.1 Å². The van der Waals surface area contributed by atoms with Crippen LogP contribution in [0.15, 0.2) is 28.1 Å². The summed E-state index contributed by atoms with van der Waals surface area (Å²) in [7, 11) is -2.95. The smallest absolute Gasteiger partial charge is 0.191 e. The topological polar surface area (TPSA) is 70.6 Å². The van der Waals surface area contributed by atoms with E-state index >= 15 is 0 Å². The number of guanidine groups is 1. The molecular formula is C18H29N3O2S2. The van der Waals surface area contributed by atoms with Crippen molar-refractivity contribution in [3.05, 3.63) is 29.3 Å². The number of nitrogens with one attached hydrogen (secondary N) is 2. The third-order valence-corrected chi connectivity index (χ3v) is 6.31. The van der Waals surface area contributed by atoms with Crippen LogP contribution in [0.3, 0.4) is 0 Å². The van der Waals surface area contributed by atoms with Crippen LogP contribution in [-0.4, -0.2) is 45.7 Å². The SMILES string of the molecule is CCNC(=NCc1ccc(C)cc1SC)NCC1(CS(C)(=O)=O)CC1. The molecule has 0 unspecified atom stereocenters. The number of benzene rings is 1. The largest absolute Gasteiger partial charge is 0.357 e. The lowest BCUT2D eigenvalue weighted by atomic mass is 10.1. The Morgan fingerprint density at radius 1 is 1.32 bits per heavy atom. The van der Waals surface area contributed by atoms with Crippen LogP contribution in [0.4, 0.5) is 0 Å². The van der Waals surface area contributed by atoms with E-state index in [4.69, 9.17) is 0 Å². The molecule has 0 radical (unpaired) electrons. The highest BCUT2D eigenvalue weighted by Crippen LogP contribution is 2.46. The van der Waals surface area contributed by atoms with E-state index in [9.17, 15) is 8.42 Å². The Kier molecular flexibility index (Phi) is 6.79. The summed E-state index contributed by atoms with van der Waals surface area (Å²) in [6.45, 7) is 6.14. The van der Waals surface area contributed by atoms with Gasteiger partial charge in [-0.25, -0.2) is 13.4 Å². The van der Waals surface area contributed by atoms with Crippen molar-refractivity contribution in [1.29, 1.82) is 0 Å². The van der Waals surface area contributed by atoms with Crippen LogP contribution >= 0.6 is 11.8 Å². The molecular weight excluding hydrogens is 354 g/mol. The van der Waals surface area contributed by atoms with Gasteiger partial charge in [0.15, 0.2) is 5.96 Å². The predicted octanol–water partition coefficient (Wildman–Crippen LogP) is 2.60. The molecule has 2 N–H and O–H groups in total. The Hall–Kier alpha value is -1.21. The molecule has 7 heteroatoms. The highest BCUT2D eigenvalue weighted by atomic mass is 32.2. The summed E-state index contributed by atoms with van der Waals surface area (Å²) in [4.78, 5) is 5.93. The Morgan fingerprint density at radius 3 is 2.60 bits per heavy atom. The van der Waals surface area contributed by atoms with Gasteiger partial charge in [-0.05, 0) is 50.1 Å². The van der Waals surface area contributed by atoms with Crippen LogP contribution in [0.5, 0.6) is 0 Å². The molecule has 0 spiro atoms. The zero-order valence-corrected chi connectivity index (χ0v) is 17.2. The zero-order valence-electron chi connectivity index (χ0n) is 15.6. The minimum Gasteiger partial charge on any atom is -0.357 e. The van der Waals surface area contributed by atoms with Gasteiger partial charge in [-0.1, -0.05) is 12.1 Å². The van der Waals surface area contributed by atoms with Crippen LogP contribution < -0.4 is 10.6 Å². The molecule has 5 nitrogen and oxygen atoms in total. The average molecular weight is 384 g/mol. The van der Waals surface area contributed by atoms with Crippen molar-refractivity contribution in [3.8, 4) is 0 Å². The molecule has 1 aliphatic rings. The molecule has 25 heavy (non-hydrogen) atoms. The maximum atomic E-state index is 11.6. The summed E-state index contributed by atoms with van der Waals surface area (Å²) in [6.07, 6.45) is 5.31. The Bertz CT molecular complexity index is 726. The summed E-state index contributed by atoms with van der Waals surface area (Å²) in [5, 5.41) is 6.58. The van der Waals surface area contributed by atoms with Crippen molar-refractivity contribution in [2.45, 2.75) is 38.1 Å². The Morgan fingerprint density at radius 2 is 2.04 bits per heavy atom. The van der Waals surface area contributed by atoms with Crippen molar-refractivity contribution in [2.24, 2.45) is 10.4 Å². The standard InChI is InChI=1S/C18H29N3O2S2/c1-5-19-17(21-12-18(8-9-18)13-25(4,22)23)20-11-15-7-6-14(2)10-16(15)24-3/h6-7,10H,5,8-9,11-13H2,1-4H3,(H2,19,20,21). The van der Waals surface area contributed by atoms with Crippen LogP contribution in [0.2, 0.25) is 0 Å². The maximum Gasteiger partial charge on any atom is 0.191 e. The normalized spacial score (nSPS) is 16.6. The second-order valence-corrected chi connectivity index (χ2v) is 9.92. The predicted molar refractivity (Wildman–Crippen MR) is 107 cm³/mol. The number of aryl methyl sites for hydroxylation is 1. The van der Waals surface area contributed by atoms with Crippen LogP contribution in [0, 0.1) is 12.3 Å². The van der Waals surface area contributed by atoms with Crippen LogP contribution in [-0.2, 0) is 16.4 Å². The summed E-state index contributed by atoms with van der Waals surface area (Å²) < 4.78 is 23.2. The van der Waals surface area contributed by atoms with Crippen molar-refractivity contribution >= 4 is 27.6 Å². The molecule has 2 rings (SSSR count). The fraction of sp³-hybridized carbons (Fsp3) is 0.611. The van der Waals surface area contributed by atoms with E-state index in [1.807, 2.05) is 6.92 Å². The van der Waals surface area contributed by atoms with Gasteiger partial charge in [-0.2, -0.15) is 0 Å². The molecule has 1 fully saturated rings. The first-order valence-electron chi connectivity index (χ1n) is 8.60. The minimum absolute atomic E-state index is 0.113. The third kappa shape index (κ3) is 6.55.